The molecule has 0 fully saturated rings. The molecular weight excluding hydrogens is 414 g/mol. The smallest absolute Gasteiger partial charge is 0.387 e. The van der Waals surface area contributed by atoms with Gasteiger partial charge in [0.15, 0.2) is 17.2 Å². The number of methoxy groups -OCH3 is 1. The highest BCUT2D eigenvalue weighted by molar-refractivity contribution is 6.32. The molecule has 0 aliphatic carbocycles. The second kappa shape index (κ2) is 8.23. The Morgan fingerprint density at radius 1 is 1.24 bits per heavy atom. The molecule has 0 aromatic heterocycles. The molecule has 2 aromatic carbocycles. The van der Waals surface area contributed by atoms with Gasteiger partial charge in [0.1, 0.15) is 5.02 Å². The van der Waals surface area contributed by atoms with Crippen molar-refractivity contribution in [1.82, 2.24) is 0 Å². The lowest BCUT2D eigenvalue weighted by Crippen LogP contribution is -2.07. The van der Waals surface area contributed by atoms with E-state index in [1.165, 1.54) is 49.6 Å². The topological polar surface area (TPSA) is 100 Å². The second-order valence-electron chi connectivity index (χ2n) is 5.55. The fourth-order valence-electron chi connectivity index (χ4n) is 2.44. The standard InChI is InChI=1S/C18H11ClF2N2O6/c1-27-15-8-10(3-5-14(15)28-18(20)21)16-22-12(17(24)29-16)6-9-2-4-11(19)13(7-9)23(25)26/h2-8,18H,1H3/b12-6-. The number of cyclic esters (lactones) is 1. The quantitative estimate of drug-likeness (QED) is 0.298. The van der Waals surface area contributed by atoms with Gasteiger partial charge in [0.2, 0.25) is 5.90 Å². The first-order valence-corrected chi connectivity index (χ1v) is 8.26. The maximum atomic E-state index is 12.4. The monoisotopic (exact) mass is 424 g/mol. The summed E-state index contributed by atoms with van der Waals surface area (Å²) >= 11 is 5.76. The lowest BCUT2D eigenvalue weighted by atomic mass is 10.1. The first kappa shape index (κ1) is 20.2. The van der Waals surface area contributed by atoms with Crippen molar-refractivity contribution >= 4 is 35.2 Å². The zero-order valence-corrected chi connectivity index (χ0v) is 15.4. The number of aliphatic imine (C=N–C) groups is 1. The van der Waals surface area contributed by atoms with E-state index in [1.54, 1.807) is 0 Å². The third-order valence-electron chi connectivity index (χ3n) is 3.72. The molecule has 3 rings (SSSR count). The van der Waals surface area contributed by atoms with Crippen LogP contribution in [0.1, 0.15) is 11.1 Å². The van der Waals surface area contributed by atoms with Crippen LogP contribution in [0, 0.1) is 10.1 Å². The number of alkyl halides is 2. The highest BCUT2D eigenvalue weighted by atomic mass is 35.5. The Hall–Kier alpha value is -3.53. The van der Waals surface area contributed by atoms with Gasteiger partial charge in [-0.3, -0.25) is 10.1 Å². The summed E-state index contributed by atoms with van der Waals surface area (Å²) in [5, 5.41) is 10.9. The molecule has 0 bridgehead atoms. The molecule has 1 aliphatic rings. The summed E-state index contributed by atoms with van der Waals surface area (Å²) in [4.78, 5) is 26.5. The summed E-state index contributed by atoms with van der Waals surface area (Å²) in [6.07, 6.45) is 1.30. The number of benzene rings is 2. The van der Waals surface area contributed by atoms with Crippen LogP contribution in [0.3, 0.4) is 0 Å². The maximum absolute atomic E-state index is 12.4. The molecule has 8 nitrogen and oxygen atoms in total. The highest BCUT2D eigenvalue weighted by Crippen LogP contribution is 2.31. The Labute approximate surface area is 167 Å². The van der Waals surface area contributed by atoms with Crippen molar-refractivity contribution in [3.05, 3.63) is 68.4 Å². The number of ether oxygens (including phenoxy) is 3. The Kier molecular flexibility index (Phi) is 5.74. The third kappa shape index (κ3) is 4.49. The summed E-state index contributed by atoms with van der Waals surface area (Å²) in [6, 6.07) is 7.89. The van der Waals surface area contributed by atoms with Crippen LogP contribution in [-0.2, 0) is 9.53 Å². The van der Waals surface area contributed by atoms with Gasteiger partial charge in [-0.05, 0) is 35.9 Å². The van der Waals surface area contributed by atoms with Crippen molar-refractivity contribution in [3.8, 4) is 11.5 Å². The molecule has 0 saturated heterocycles. The van der Waals surface area contributed by atoms with Gasteiger partial charge in [0.05, 0.1) is 12.0 Å². The van der Waals surface area contributed by atoms with Gasteiger partial charge in [0, 0.05) is 11.6 Å². The fraction of sp³-hybridized carbons (Fsp3) is 0.111. The Morgan fingerprint density at radius 3 is 2.66 bits per heavy atom. The van der Waals surface area contributed by atoms with Crippen LogP contribution in [0.5, 0.6) is 11.5 Å². The van der Waals surface area contributed by atoms with Crippen molar-refractivity contribution in [1.29, 1.82) is 0 Å². The molecule has 0 radical (unpaired) electrons. The van der Waals surface area contributed by atoms with Gasteiger partial charge in [0.25, 0.3) is 5.69 Å². The zero-order chi connectivity index (χ0) is 21.1. The van der Waals surface area contributed by atoms with E-state index in [1.807, 2.05) is 0 Å². The van der Waals surface area contributed by atoms with Crippen molar-refractivity contribution in [2.75, 3.05) is 7.11 Å². The SMILES string of the molecule is COc1cc(C2=N/C(=C\c3ccc(Cl)c([N+](=O)[O-])c3)C(=O)O2)ccc1OC(F)F. The number of hydrogen-bond donors (Lipinski definition) is 0. The van der Waals surface area contributed by atoms with Gasteiger partial charge in [-0.25, -0.2) is 9.79 Å². The van der Waals surface area contributed by atoms with E-state index in [9.17, 15) is 23.7 Å². The van der Waals surface area contributed by atoms with Gasteiger partial charge in [-0.15, -0.1) is 0 Å². The molecule has 0 unspecified atom stereocenters. The molecule has 0 amide bonds. The van der Waals surface area contributed by atoms with E-state index in [4.69, 9.17) is 21.1 Å². The predicted molar refractivity (Wildman–Crippen MR) is 98.3 cm³/mol. The minimum absolute atomic E-state index is 0.00713. The number of nitro benzene ring substituents is 1. The number of hydrogen-bond acceptors (Lipinski definition) is 7. The highest BCUT2D eigenvalue weighted by Gasteiger charge is 2.26. The molecule has 150 valence electrons. The number of nitro groups is 1. The predicted octanol–water partition coefficient (Wildman–Crippen LogP) is 4.20. The van der Waals surface area contributed by atoms with Crippen LogP contribution in [-0.4, -0.2) is 30.5 Å². The molecule has 1 heterocycles. The van der Waals surface area contributed by atoms with Crippen molar-refractivity contribution in [2.45, 2.75) is 6.61 Å². The van der Waals surface area contributed by atoms with E-state index in [-0.39, 0.29) is 39.4 Å². The molecule has 11 heteroatoms. The van der Waals surface area contributed by atoms with E-state index in [0.717, 1.165) is 0 Å². The lowest BCUT2D eigenvalue weighted by Gasteiger charge is -2.10. The van der Waals surface area contributed by atoms with Crippen molar-refractivity contribution in [2.24, 2.45) is 4.99 Å². The lowest BCUT2D eigenvalue weighted by molar-refractivity contribution is -0.384. The summed E-state index contributed by atoms with van der Waals surface area (Å²) in [5.74, 6) is -1.08. The number of rotatable bonds is 6. The molecule has 0 N–H and O–H groups in total. The Bertz CT molecular complexity index is 1050. The van der Waals surface area contributed by atoms with Crippen LogP contribution in [0.25, 0.3) is 6.08 Å². The average molecular weight is 425 g/mol. The largest absolute Gasteiger partial charge is 0.493 e. The molecule has 0 saturated carbocycles. The number of esters is 1. The van der Waals surface area contributed by atoms with Crippen molar-refractivity contribution < 1.29 is 32.7 Å². The molecular formula is C18H11ClF2N2O6. The molecule has 0 spiro atoms. The van der Waals surface area contributed by atoms with Crippen molar-refractivity contribution in [3.63, 3.8) is 0 Å². The molecule has 29 heavy (non-hydrogen) atoms. The normalized spacial score (nSPS) is 14.7. The maximum Gasteiger partial charge on any atom is 0.387 e. The van der Waals surface area contributed by atoms with Crippen LogP contribution in [0.4, 0.5) is 14.5 Å². The molecule has 1 aliphatic heterocycles. The van der Waals surface area contributed by atoms with E-state index in [0.29, 0.717) is 5.56 Å². The van der Waals surface area contributed by atoms with Gasteiger partial charge >= 0.3 is 12.6 Å². The fourth-order valence-corrected chi connectivity index (χ4v) is 2.63. The molecule has 0 atom stereocenters. The van der Waals surface area contributed by atoms with Crippen LogP contribution in [0.2, 0.25) is 5.02 Å². The van der Waals surface area contributed by atoms with E-state index < -0.39 is 17.5 Å². The van der Waals surface area contributed by atoms with Gasteiger partial charge in [-0.1, -0.05) is 17.7 Å². The first-order valence-electron chi connectivity index (χ1n) is 7.88. The average Bonchev–Trinajstić information content (AvgIpc) is 3.03. The zero-order valence-electron chi connectivity index (χ0n) is 14.6. The Balaban J connectivity index is 1.93. The summed E-state index contributed by atoms with van der Waals surface area (Å²) in [7, 11) is 1.26. The van der Waals surface area contributed by atoms with E-state index in [2.05, 4.69) is 9.73 Å². The summed E-state index contributed by atoms with van der Waals surface area (Å²) in [6.45, 7) is -3.03. The second-order valence-corrected chi connectivity index (χ2v) is 5.96. The minimum atomic E-state index is -3.03. The number of carbonyl (C=O) groups excluding carboxylic acids is 1. The number of halogens is 3. The minimum Gasteiger partial charge on any atom is -0.493 e. The van der Waals surface area contributed by atoms with Crippen LogP contribution in [0.15, 0.2) is 47.1 Å². The number of nitrogens with zero attached hydrogens (tertiary/aromatic N) is 2. The van der Waals surface area contributed by atoms with Gasteiger partial charge in [-0.2, -0.15) is 8.78 Å². The van der Waals surface area contributed by atoms with E-state index >= 15 is 0 Å². The van der Waals surface area contributed by atoms with Crippen LogP contribution >= 0.6 is 11.6 Å². The molecule has 2 aromatic rings. The Morgan fingerprint density at radius 2 is 2.00 bits per heavy atom. The third-order valence-corrected chi connectivity index (χ3v) is 4.04. The summed E-state index contributed by atoms with van der Waals surface area (Å²) < 4.78 is 39.3. The summed E-state index contributed by atoms with van der Waals surface area (Å²) in [5.41, 5.74) is 0.165. The van der Waals surface area contributed by atoms with Crippen LogP contribution < -0.4 is 9.47 Å². The number of carbonyl (C=O) groups is 1. The van der Waals surface area contributed by atoms with Gasteiger partial charge < -0.3 is 14.2 Å². The first-order chi connectivity index (χ1) is 13.8.